The third-order valence-electron chi connectivity index (χ3n) is 12.8. The van der Waals surface area contributed by atoms with Gasteiger partial charge in [0, 0.05) is 54.9 Å². The first kappa shape index (κ1) is 34.8. The van der Waals surface area contributed by atoms with E-state index in [1.165, 1.54) is 21.5 Å². The normalized spacial score (nSPS) is 15.8. The third kappa shape index (κ3) is 5.28. The Bertz CT molecular complexity index is 3920. The number of para-hydroxylation sites is 4. The predicted molar refractivity (Wildman–Crippen MR) is 258 cm³/mol. The molecule has 0 aliphatic carbocycles. The quantitative estimate of drug-likeness (QED) is 0.178. The number of hydrogen-bond acceptors (Lipinski definition) is 4. The molecular weight excluding hydrogens is 759 g/mol. The molecule has 0 amide bonds. The Morgan fingerprint density at radius 2 is 1.08 bits per heavy atom. The van der Waals surface area contributed by atoms with Crippen molar-refractivity contribution in [3.63, 3.8) is 0 Å². The molecule has 1 aliphatic heterocycles. The highest BCUT2D eigenvalue weighted by atomic mass is 16.3. The average molecular weight is 796 g/mol. The Morgan fingerprint density at radius 3 is 1.92 bits per heavy atom. The van der Waals surface area contributed by atoms with Crippen LogP contribution in [0.3, 0.4) is 0 Å². The van der Waals surface area contributed by atoms with E-state index in [1.807, 2.05) is 24.3 Å². The molecule has 0 N–H and O–H groups in total. The van der Waals surface area contributed by atoms with E-state index < -0.39 is 0 Å². The first-order valence-corrected chi connectivity index (χ1v) is 21.3. The van der Waals surface area contributed by atoms with Gasteiger partial charge in [-0.2, -0.15) is 0 Å². The van der Waals surface area contributed by atoms with Crippen molar-refractivity contribution in [3.05, 3.63) is 205 Å². The summed E-state index contributed by atoms with van der Waals surface area (Å²) >= 11 is 0. The summed E-state index contributed by atoms with van der Waals surface area (Å²) in [7, 11) is 0. The van der Waals surface area contributed by atoms with Crippen LogP contribution in [0, 0.1) is 5.92 Å². The van der Waals surface area contributed by atoms with Crippen molar-refractivity contribution in [2.24, 2.45) is 15.9 Å². The maximum Gasteiger partial charge on any atom is 0.160 e. The molecule has 62 heavy (non-hydrogen) atoms. The summed E-state index contributed by atoms with van der Waals surface area (Å²) in [6.45, 7) is 2.27. The second kappa shape index (κ2) is 13.5. The van der Waals surface area contributed by atoms with E-state index >= 15 is 0 Å². The number of aliphatic imine (C=N–C) groups is 2. The minimum atomic E-state index is 0.0160. The van der Waals surface area contributed by atoms with Crippen LogP contribution in [0.15, 0.2) is 207 Å². The van der Waals surface area contributed by atoms with Gasteiger partial charge in [0.25, 0.3) is 0 Å². The van der Waals surface area contributed by atoms with Crippen LogP contribution in [0.1, 0.15) is 30.0 Å². The summed E-state index contributed by atoms with van der Waals surface area (Å²) in [5.41, 5.74) is 11.4. The van der Waals surface area contributed by atoms with Gasteiger partial charge in [-0.05, 0) is 76.5 Å². The lowest BCUT2D eigenvalue weighted by Crippen LogP contribution is -2.17. The molecule has 13 rings (SSSR count). The zero-order valence-corrected chi connectivity index (χ0v) is 33.8. The van der Waals surface area contributed by atoms with Crippen LogP contribution in [0.4, 0.5) is 0 Å². The summed E-state index contributed by atoms with van der Waals surface area (Å²) in [4.78, 5) is 11.4. The fourth-order valence-electron chi connectivity index (χ4n) is 9.86. The molecule has 1 unspecified atom stereocenters. The summed E-state index contributed by atoms with van der Waals surface area (Å²) < 4.78 is 15.7. The van der Waals surface area contributed by atoms with Crippen molar-refractivity contribution in [2.75, 3.05) is 0 Å². The Labute approximate surface area is 356 Å². The standard InChI is InChI=1S/C57H37N3O2/c1-34-28-29-48(58-57(43-23-12-17-35-14-4-5-18-38(35)43)59-55(34)44-24-13-22-42-40-20-7-11-27-53(40)62-56(42)44)47-33-54-46(41-21-8-10-26-52(41)61-54)32-51(47)60-49-25-9-6-19-39(49)45-30-36-15-2-3-16-37(36)31-50(45)60/h2-27,29-34H,28H2,1H3/b48-29+,58-57?,59-55?. The average Bonchev–Trinajstić information content (AvgIpc) is 3.98. The summed E-state index contributed by atoms with van der Waals surface area (Å²) in [6.07, 6.45) is 3.01. The van der Waals surface area contributed by atoms with Crippen LogP contribution in [0.25, 0.3) is 98.6 Å². The molecule has 1 atom stereocenters. The summed E-state index contributed by atoms with van der Waals surface area (Å²) in [5, 5.41) is 11.4. The van der Waals surface area contributed by atoms with E-state index in [1.54, 1.807) is 0 Å². The van der Waals surface area contributed by atoms with E-state index in [4.69, 9.17) is 18.8 Å². The summed E-state index contributed by atoms with van der Waals surface area (Å²) in [5.74, 6) is 0.661. The molecular formula is C57H37N3O2. The van der Waals surface area contributed by atoms with E-state index in [0.29, 0.717) is 12.3 Å². The molecule has 1 aliphatic rings. The van der Waals surface area contributed by atoms with Crippen LogP contribution in [0.2, 0.25) is 0 Å². The molecule has 0 saturated heterocycles. The lowest BCUT2D eigenvalue weighted by Gasteiger charge is -2.20. The SMILES string of the molecule is CC1C/C=C(\c2cc3oc4ccccc4c3cc2-n2c3ccccc3c3cc4ccccc4cc32)N=C(c2cccc3ccccc23)N=C1c1cccc2c1oc1ccccc12. The molecule has 0 bridgehead atoms. The van der Waals surface area contributed by atoms with E-state index in [0.717, 1.165) is 99.5 Å². The van der Waals surface area contributed by atoms with Crippen LogP contribution < -0.4 is 0 Å². The smallest absolute Gasteiger partial charge is 0.160 e. The highest BCUT2D eigenvalue weighted by Gasteiger charge is 2.26. The van der Waals surface area contributed by atoms with Crippen molar-refractivity contribution in [3.8, 4) is 5.69 Å². The topological polar surface area (TPSA) is 55.9 Å². The van der Waals surface area contributed by atoms with Crippen LogP contribution in [-0.4, -0.2) is 16.1 Å². The molecule has 0 fully saturated rings. The minimum Gasteiger partial charge on any atom is -0.456 e. The zero-order valence-electron chi connectivity index (χ0n) is 33.8. The molecule has 0 radical (unpaired) electrons. The fraction of sp³-hybridized carbons (Fsp3) is 0.0526. The Balaban J connectivity index is 1.12. The largest absolute Gasteiger partial charge is 0.456 e. The van der Waals surface area contributed by atoms with E-state index in [2.05, 4.69) is 175 Å². The molecule has 4 heterocycles. The van der Waals surface area contributed by atoms with E-state index in [-0.39, 0.29) is 5.92 Å². The molecule has 5 heteroatoms. The van der Waals surface area contributed by atoms with Crippen LogP contribution in [-0.2, 0) is 0 Å². The Kier molecular flexibility index (Phi) is 7.58. The molecule has 12 aromatic rings. The number of fused-ring (bicyclic) bond motifs is 11. The number of nitrogens with zero attached hydrogens (tertiary/aromatic N) is 3. The van der Waals surface area contributed by atoms with Gasteiger partial charge in [0.15, 0.2) is 5.84 Å². The van der Waals surface area contributed by atoms with Gasteiger partial charge in [0.2, 0.25) is 0 Å². The number of allylic oxidation sites excluding steroid dienone is 1. The molecule has 5 nitrogen and oxygen atoms in total. The molecule has 0 saturated carbocycles. The van der Waals surface area contributed by atoms with Crippen molar-refractivity contribution < 1.29 is 8.83 Å². The first-order chi connectivity index (χ1) is 30.6. The van der Waals surface area contributed by atoms with Gasteiger partial charge in [-0.25, -0.2) is 9.98 Å². The maximum atomic E-state index is 6.65. The van der Waals surface area contributed by atoms with Gasteiger partial charge in [-0.15, -0.1) is 0 Å². The number of hydrogen-bond donors (Lipinski definition) is 0. The maximum absolute atomic E-state index is 6.65. The number of amidine groups is 1. The summed E-state index contributed by atoms with van der Waals surface area (Å²) in [6, 6.07) is 64.4. The van der Waals surface area contributed by atoms with Gasteiger partial charge >= 0.3 is 0 Å². The van der Waals surface area contributed by atoms with Crippen molar-refractivity contribution in [2.45, 2.75) is 13.3 Å². The highest BCUT2D eigenvalue weighted by Crippen LogP contribution is 2.42. The highest BCUT2D eigenvalue weighted by molar-refractivity contribution is 6.23. The van der Waals surface area contributed by atoms with E-state index in [9.17, 15) is 0 Å². The monoisotopic (exact) mass is 795 g/mol. The number of rotatable bonds is 4. The van der Waals surface area contributed by atoms with Gasteiger partial charge in [-0.3, -0.25) is 0 Å². The van der Waals surface area contributed by atoms with Crippen molar-refractivity contribution in [1.82, 2.24) is 4.57 Å². The number of aromatic nitrogens is 1. The second-order valence-electron chi connectivity index (χ2n) is 16.5. The zero-order chi connectivity index (χ0) is 40.9. The van der Waals surface area contributed by atoms with Crippen molar-refractivity contribution in [1.29, 1.82) is 0 Å². The fourth-order valence-corrected chi connectivity index (χ4v) is 9.86. The van der Waals surface area contributed by atoms with Crippen LogP contribution >= 0.6 is 0 Å². The number of benzene rings is 9. The first-order valence-electron chi connectivity index (χ1n) is 21.3. The predicted octanol–water partition coefficient (Wildman–Crippen LogP) is 15.2. The van der Waals surface area contributed by atoms with Gasteiger partial charge in [-0.1, -0.05) is 146 Å². The lowest BCUT2D eigenvalue weighted by molar-refractivity contribution is 0.666. The van der Waals surface area contributed by atoms with Gasteiger partial charge in [0.05, 0.1) is 28.1 Å². The second-order valence-corrected chi connectivity index (χ2v) is 16.5. The number of furan rings is 2. The van der Waals surface area contributed by atoms with Crippen molar-refractivity contribution >= 4 is 104 Å². The van der Waals surface area contributed by atoms with Gasteiger partial charge < -0.3 is 13.4 Å². The molecule has 292 valence electrons. The minimum absolute atomic E-state index is 0.0160. The third-order valence-corrected chi connectivity index (χ3v) is 12.8. The lowest BCUT2D eigenvalue weighted by atomic mass is 9.92. The molecule has 9 aromatic carbocycles. The molecule has 0 spiro atoms. The molecule has 3 aromatic heterocycles. The Hall–Kier alpha value is -8.02. The van der Waals surface area contributed by atoms with Crippen LogP contribution in [0.5, 0.6) is 0 Å². The van der Waals surface area contributed by atoms with Gasteiger partial charge in [0.1, 0.15) is 22.3 Å². The Morgan fingerprint density at radius 1 is 0.452 bits per heavy atom.